The summed E-state index contributed by atoms with van der Waals surface area (Å²) in [5, 5.41) is 0.871. The van der Waals surface area contributed by atoms with E-state index in [-0.39, 0.29) is 13.2 Å². The van der Waals surface area contributed by atoms with Crippen LogP contribution in [0.3, 0.4) is 0 Å². The Morgan fingerprint density at radius 3 is 2.69 bits per heavy atom. The van der Waals surface area contributed by atoms with Gasteiger partial charge in [0.1, 0.15) is 12.9 Å². The summed E-state index contributed by atoms with van der Waals surface area (Å²) in [5.41, 5.74) is 2.93. The molecule has 1 rings (SSSR count). The zero-order valence-corrected chi connectivity index (χ0v) is 8.63. The number of amides is 1. The van der Waals surface area contributed by atoms with E-state index in [0.29, 0.717) is 6.29 Å². The summed E-state index contributed by atoms with van der Waals surface area (Å²) < 4.78 is 4.92. The molecule has 0 fully saturated rings. The normalized spacial score (nSPS) is 9.56. The lowest BCUT2D eigenvalue weighted by atomic mass is 10.2. The zero-order valence-electron chi connectivity index (χ0n) is 8.63. The second kappa shape index (κ2) is 6.54. The van der Waals surface area contributed by atoms with Gasteiger partial charge in [-0.1, -0.05) is 30.3 Å². The fourth-order valence-corrected chi connectivity index (χ4v) is 1.05. The van der Waals surface area contributed by atoms with Crippen molar-refractivity contribution in [2.24, 2.45) is 5.84 Å². The summed E-state index contributed by atoms with van der Waals surface area (Å²) >= 11 is 0. The van der Waals surface area contributed by atoms with Gasteiger partial charge in [-0.3, -0.25) is 5.84 Å². The number of hydrogen-bond acceptors (Lipinski definition) is 5. The molecule has 0 saturated carbocycles. The Hall–Kier alpha value is -1.92. The minimum Gasteiger partial charge on any atom is -0.444 e. The van der Waals surface area contributed by atoms with Crippen molar-refractivity contribution in [3.05, 3.63) is 35.9 Å². The van der Waals surface area contributed by atoms with Crippen molar-refractivity contribution in [3.63, 3.8) is 0 Å². The standard InChI is InChI=1S/C10H13N3O3/c11-12-13(6-7-14)10(15)16-8-9-4-2-1-3-5-9/h1-5,7,12H,6,8,11H2. The summed E-state index contributed by atoms with van der Waals surface area (Å²) in [5.74, 6) is 5.04. The van der Waals surface area contributed by atoms with Crippen LogP contribution in [0.15, 0.2) is 30.3 Å². The highest BCUT2D eigenvalue weighted by Crippen LogP contribution is 2.01. The summed E-state index contributed by atoms with van der Waals surface area (Å²) in [4.78, 5) is 21.5. The topological polar surface area (TPSA) is 84.7 Å². The van der Waals surface area contributed by atoms with Gasteiger partial charge in [-0.15, -0.1) is 0 Å². The lowest BCUT2D eigenvalue weighted by molar-refractivity contribution is -0.109. The first-order valence-corrected chi connectivity index (χ1v) is 4.66. The molecular formula is C10H13N3O3. The van der Waals surface area contributed by atoms with Crippen molar-refractivity contribution in [2.45, 2.75) is 6.61 Å². The molecule has 16 heavy (non-hydrogen) atoms. The number of carbonyl (C=O) groups is 2. The predicted molar refractivity (Wildman–Crippen MR) is 56.7 cm³/mol. The Morgan fingerprint density at radius 1 is 1.44 bits per heavy atom. The van der Waals surface area contributed by atoms with Crippen LogP contribution in [0, 0.1) is 0 Å². The maximum Gasteiger partial charge on any atom is 0.426 e. The molecule has 1 aromatic carbocycles. The molecule has 0 bridgehead atoms. The Balaban J connectivity index is 2.42. The molecule has 0 heterocycles. The maximum atomic E-state index is 11.3. The number of nitrogens with zero attached hydrogens (tertiary/aromatic N) is 1. The van der Waals surface area contributed by atoms with E-state index in [1.54, 1.807) is 0 Å². The number of rotatable bonds is 5. The molecule has 0 radical (unpaired) electrons. The fraction of sp³-hybridized carbons (Fsp3) is 0.200. The monoisotopic (exact) mass is 223 g/mol. The molecule has 1 aromatic rings. The molecule has 0 aliphatic heterocycles. The third-order valence-electron chi connectivity index (χ3n) is 1.84. The average molecular weight is 223 g/mol. The smallest absolute Gasteiger partial charge is 0.426 e. The van der Waals surface area contributed by atoms with Gasteiger partial charge in [-0.05, 0) is 5.56 Å². The summed E-state index contributed by atoms with van der Waals surface area (Å²) in [7, 11) is 0. The molecule has 6 nitrogen and oxygen atoms in total. The Labute approximate surface area is 92.9 Å². The molecule has 1 amide bonds. The van der Waals surface area contributed by atoms with Crippen molar-refractivity contribution in [1.29, 1.82) is 0 Å². The number of hydrogen-bond donors (Lipinski definition) is 2. The van der Waals surface area contributed by atoms with Crippen molar-refractivity contribution < 1.29 is 14.3 Å². The quantitative estimate of drug-likeness (QED) is 0.423. The highest BCUT2D eigenvalue weighted by Gasteiger charge is 2.12. The first-order chi connectivity index (χ1) is 7.77. The molecule has 86 valence electrons. The number of hydrazine groups is 2. The average Bonchev–Trinajstić information content (AvgIpc) is 2.34. The van der Waals surface area contributed by atoms with Gasteiger partial charge in [-0.2, -0.15) is 5.53 Å². The number of aldehydes is 1. The Bertz CT molecular complexity index is 342. The number of carbonyl (C=O) groups excluding carboxylic acids is 2. The van der Waals surface area contributed by atoms with Crippen LogP contribution in [0.25, 0.3) is 0 Å². The molecule has 0 aromatic heterocycles. The van der Waals surface area contributed by atoms with E-state index in [1.807, 2.05) is 30.3 Å². The van der Waals surface area contributed by atoms with Crippen LogP contribution in [0.1, 0.15) is 5.56 Å². The molecule has 0 spiro atoms. The van der Waals surface area contributed by atoms with E-state index in [0.717, 1.165) is 10.6 Å². The zero-order chi connectivity index (χ0) is 11.8. The third-order valence-corrected chi connectivity index (χ3v) is 1.84. The second-order valence-corrected chi connectivity index (χ2v) is 2.95. The number of nitrogens with two attached hydrogens (primary N) is 1. The van der Waals surface area contributed by atoms with Crippen LogP contribution in [0.5, 0.6) is 0 Å². The van der Waals surface area contributed by atoms with E-state index in [9.17, 15) is 9.59 Å². The minimum atomic E-state index is -0.696. The highest BCUT2D eigenvalue weighted by atomic mass is 16.6. The molecule has 0 aliphatic carbocycles. The van der Waals surface area contributed by atoms with Crippen LogP contribution >= 0.6 is 0 Å². The van der Waals surface area contributed by atoms with E-state index >= 15 is 0 Å². The van der Waals surface area contributed by atoms with E-state index in [2.05, 4.69) is 5.53 Å². The largest absolute Gasteiger partial charge is 0.444 e. The van der Waals surface area contributed by atoms with E-state index in [1.165, 1.54) is 0 Å². The fourth-order valence-electron chi connectivity index (χ4n) is 1.05. The lowest BCUT2D eigenvalue weighted by Crippen LogP contribution is -2.48. The van der Waals surface area contributed by atoms with Gasteiger partial charge in [0.15, 0.2) is 0 Å². The predicted octanol–water partition coefficient (Wildman–Crippen LogP) is 0.202. The number of ether oxygens (including phenoxy) is 1. The Morgan fingerprint density at radius 2 is 2.12 bits per heavy atom. The molecule has 0 atom stereocenters. The first kappa shape index (κ1) is 12.2. The highest BCUT2D eigenvalue weighted by molar-refractivity contribution is 5.70. The first-order valence-electron chi connectivity index (χ1n) is 4.66. The van der Waals surface area contributed by atoms with Gasteiger partial charge >= 0.3 is 6.09 Å². The van der Waals surface area contributed by atoms with Crippen LogP contribution in [0.4, 0.5) is 4.79 Å². The molecule has 6 heteroatoms. The van der Waals surface area contributed by atoms with Crippen molar-refractivity contribution in [1.82, 2.24) is 10.5 Å². The summed E-state index contributed by atoms with van der Waals surface area (Å²) in [6.07, 6.45) is -0.151. The van der Waals surface area contributed by atoms with Crippen LogP contribution in [-0.2, 0) is 16.1 Å². The van der Waals surface area contributed by atoms with Gasteiger partial charge in [0.25, 0.3) is 0 Å². The SMILES string of the molecule is NNN(CC=O)C(=O)OCc1ccccc1. The van der Waals surface area contributed by atoms with Gasteiger partial charge in [-0.25, -0.2) is 9.80 Å². The second-order valence-electron chi connectivity index (χ2n) is 2.95. The molecule has 0 unspecified atom stereocenters. The van der Waals surface area contributed by atoms with Crippen LogP contribution in [-0.4, -0.2) is 23.9 Å². The van der Waals surface area contributed by atoms with Crippen molar-refractivity contribution in [2.75, 3.05) is 6.54 Å². The van der Waals surface area contributed by atoms with Gasteiger partial charge in [0.2, 0.25) is 0 Å². The summed E-state index contributed by atoms with van der Waals surface area (Å²) in [6, 6.07) is 9.20. The lowest BCUT2D eigenvalue weighted by Gasteiger charge is -2.17. The third kappa shape index (κ3) is 3.68. The van der Waals surface area contributed by atoms with E-state index in [4.69, 9.17) is 10.6 Å². The van der Waals surface area contributed by atoms with Gasteiger partial charge < -0.3 is 9.53 Å². The van der Waals surface area contributed by atoms with Crippen molar-refractivity contribution in [3.8, 4) is 0 Å². The van der Waals surface area contributed by atoms with Crippen LogP contribution < -0.4 is 11.4 Å². The van der Waals surface area contributed by atoms with E-state index < -0.39 is 6.09 Å². The minimum absolute atomic E-state index is 0.136. The molecule has 0 aliphatic rings. The number of nitrogens with one attached hydrogen (secondary N) is 1. The molecule has 3 N–H and O–H groups in total. The van der Waals surface area contributed by atoms with Crippen molar-refractivity contribution >= 4 is 12.4 Å². The maximum absolute atomic E-state index is 11.3. The van der Waals surface area contributed by atoms with Gasteiger partial charge in [0.05, 0.1) is 6.54 Å². The number of benzene rings is 1. The van der Waals surface area contributed by atoms with Gasteiger partial charge in [0, 0.05) is 0 Å². The summed E-state index contributed by atoms with van der Waals surface area (Å²) in [6.45, 7) is -0.0270. The Kier molecular flexibility index (Phi) is 4.97. The molecular weight excluding hydrogens is 210 g/mol. The molecule has 0 saturated heterocycles. The van der Waals surface area contributed by atoms with Crippen LogP contribution in [0.2, 0.25) is 0 Å².